The summed E-state index contributed by atoms with van der Waals surface area (Å²) in [5.74, 6) is 1.02. The number of imidazole rings is 1. The second-order valence-corrected chi connectivity index (χ2v) is 6.12. The number of nitrogens with one attached hydrogen (secondary N) is 1. The van der Waals surface area contributed by atoms with Gasteiger partial charge in [0.2, 0.25) is 5.56 Å². The van der Waals surface area contributed by atoms with Crippen molar-refractivity contribution in [3.8, 4) is 17.1 Å². The van der Waals surface area contributed by atoms with Crippen molar-refractivity contribution in [1.82, 2.24) is 19.5 Å². The standard InChI is InChI=1S/C18H14BrN5O/c19-10-11-3-5-12(6-4-11)24-17(13-2-1-9-21-16(13)20)22-14-7-8-15(25)23-18(14)24/h1-9H,10H2,(H2,20,21)(H,23,25). The summed E-state index contributed by atoms with van der Waals surface area (Å²) in [5, 5.41) is 0.775. The predicted octanol–water partition coefficient (Wildman–Crippen LogP) is 3.25. The van der Waals surface area contributed by atoms with Crippen LogP contribution in [0.5, 0.6) is 0 Å². The maximum atomic E-state index is 11.8. The van der Waals surface area contributed by atoms with Crippen LogP contribution in [-0.4, -0.2) is 19.5 Å². The third kappa shape index (κ3) is 2.72. The van der Waals surface area contributed by atoms with E-state index in [0.717, 1.165) is 16.6 Å². The van der Waals surface area contributed by atoms with E-state index in [2.05, 4.69) is 30.9 Å². The van der Waals surface area contributed by atoms with E-state index in [1.54, 1.807) is 12.3 Å². The zero-order valence-corrected chi connectivity index (χ0v) is 14.7. The second-order valence-electron chi connectivity index (χ2n) is 5.56. The van der Waals surface area contributed by atoms with Gasteiger partial charge in [-0.1, -0.05) is 28.1 Å². The fourth-order valence-electron chi connectivity index (χ4n) is 2.76. The molecule has 0 spiro atoms. The summed E-state index contributed by atoms with van der Waals surface area (Å²) < 4.78 is 1.89. The summed E-state index contributed by atoms with van der Waals surface area (Å²) in [7, 11) is 0. The van der Waals surface area contributed by atoms with Crippen LogP contribution in [0.25, 0.3) is 28.2 Å². The van der Waals surface area contributed by atoms with Gasteiger partial charge in [-0.2, -0.15) is 0 Å². The summed E-state index contributed by atoms with van der Waals surface area (Å²) in [6.07, 6.45) is 1.64. The van der Waals surface area contributed by atoms with Crippen molar-refractivity contribution in [2.24, 2.45) is 0 Å². The molecule has 0 aliphatic rings. The maximum Gasteiger partial charge on any atom is 0.249 e. The van der Waals surface area contributed by atoms with Crippen molar-refractivity contribution < 1.29 is 0 Å². The Morgan fingerprint density at radius 3 is 2.64 bits per heavy atom. The number of hydrogen-bond acceptors (Lipinski definition) is 4. The zero-order valence-electron chi connectivity index (χ0n) is 13.1. The van der Waals surface area contributed by atoms with Crippen LogP contribution in [0.1, 0.15) is 5.56 Å². The van der Waals surface area contributed by atoms with E-state index in [1.165, 1.54) is 6.07 Å². The lowest BCUT2D eigenvalue weighted by Crippen LogP contribution is -2.06. The van der Waals surface area contributed by atoms with Crippen LogP contribution in [0.15, 0.2) is 59.5 Å². The molecule has 0 saturated heterocycles. The van der Waals surface area contributed by atoms with E-state index in [9.17, 15) is 4.79 Å². The van der Waals surface area contributed by atoms with Gasteiger partial charge in [0, 0.05) is 23.3 Å². The molecule has 124 valence electrons. The molecule has 25 heavy (non-hydrogen) atoms. The van der Waals surface area contributed by atoms with E-state index in [-0.39, 0.29) is 5.56 Å². The highest BCUT2D eigenvalue weighted by Gasteiger charge is 2.17. The van der Waals surface area contributed by atoms with Crippen LogP contribution in [0.3, 0.4) is 0 Å². The Hall–Kier alpha value is -2.93. The summed E-state index contributed by atoms with van der Waals surface area (Å²) in [6.45, 7) is 0. The van der Waals surface area contributed by atoms with E-state index in [0.29, 0.717) is 28.4 Å². The van der Waals surface area contributed by atoms with Crippen molar-refractivity contribution in [3.05, 3.63) is 70.6 Å². The summed E-state index contributed by atoms with van der Waals surface area (Å²) >= 11 is 3.45. The first kappa shape index (κ1) is 15.6. The molecule has 0 saturated carbocycles. The van der Waals surface area contributed by atoms with Crippen LogP contribution in [0.2, 0.25) is 0 Å². The molecule has 0 fully saturated rings. The first-order valence-corrected chi connectivity index (χ1v) is 8.77. The number of nitrogens with zero attached hydrogens (tertiary/aromatic N) is 3. The van der Waals surface area contributed by atoms with Crippen molar-refractivity contribution in [1.29, 1.82) is 0 Å². The number of pyridine rings is 2. The van der Waals surface area contributed by atoms with Crippen molar-refractivity contribution in [3.63, 3.8) is 0 Å². The second kappa shape index (κ2) is 6.18. The number of fused-ring (bicyclic) bond motifs is 1. The number of aromatic amines is 1. The molecule has 3 N–H and O–H groups in total. The first-order valence-electron chi connectivity index (χ1n) is 7.65. The Morgan fingerprint density at radius 1 is 1.12 bits per heavy atom. The van der Waals surface area contributed by atoms with Gasteiger partial charge >= 0.3 is 0 Å². The Kier molecular flexibility index (Phi) is 3.85. The molecule has 0 atom stereocenters. The van der Waals surface area contributed by atoms with Gasteiger partial charge in [0.05, 0.1) is 5.56 Å². The Balaban J connectivity index is 2.05. The van der Waals surface area contributed by atoms with Gasteiger partial charge in [0.25, 0.3) is 0 Å². The number of rotatable bonds is 3. The zero-order chi connectivity index (χ0) is 17.4. The monoisotopic (exact) mass is 395 g/mol. The normalized spacial score (nSPS) is 11.1. The Morgan fingerprint density at radius 2 is 1.92 bits per heavy atom. The highest BCUT2D eigenvalue weighted by Crippen LogP contribution is 2.29. The number of nitrogen functional groups attached to an aromatic ring is 1. The number of alkyl halides is 1. The minimum Gasteiger partial charge on any atom is -0.383 e. The predicted molar refractivity (Wildman–Crippen MR) is 102 cm³/mol. The van der Waals surface area contributed by atoms with Gasteiger partial charge < -0.3 is 10.7 Å². The average Bonchev–Trinajstić information content (AvgIpc) is 3.00. The molecule has 0 bridgehead atoms. The van der Waals surface area contributed by atoms with Crippen molar-refractivity contribution in [2.75, 3.05) is 5.73 Å². The summed E-state index contributed by atoms with van der Waals surface area (Å²) in [5.41, 5.74) is 9.93. The summed E-state index contributed by atoms with van der Waals surface area (Å²) in [6, 6.07) is 14.9. The molecule has 0 radical (unpaired) electrons. The molecule has 3 aromatic heterocycles. The topological polar surface area (TPSA) is 89.6 Å². The third-order valence-corrected chi connectivity index (χ3v) is 4.61. The first-order chi connectivity index (χ1) is 12.2. The fourth-order valence-corrected chi connectivity index (χ4v) is 3.13. The lowest BCUT2D eigenvalue weighted by molar-refractivity contribution is 1.06. The van der Waals surface area contributed by atoms with Crippen LogP contribution in [0.4, 0.5) is 5.82 Å². The van der Waals surface area contributed by atoms with E-state index in [4.69, 9.17) is 5.73 Å². The van der Waals surface area contributed by atoms with Crippen LogP contribution in [0, 0.1) is 0 Å². The molecule has 0 aliphatic heterocycles. The molecule has 7 heteroatoms. The van der Waals surface area contributed by atoms with Crippen LogP contribution < -0.4 is 11.3 Å². The number of benzene rings is 1. The Labute approximate surface area is 151 Å². The number of H-pyrrole nitrogens is 1. The minimum absolute atomic E-state index is 0.184. The minimum atomic E-state index is -0.184. The molecule has 6 nitrogen and oxygen atoms in total. The maximum absolute atomic E-state index is 11.8. The third-order valence-electron chi connectivity index (χ3n) is 3.97. The van der Waals surface area contributed by atoms with Crippen LogP contribution >= 0.6 is 15.9 Å². The number of nitrogens with two attached hydrogens (primary N) is 1. The molecule has 0 aliphatic carbocycles. The summed E-state index contributed by atoms with van der Waals surface area (Å²) in [4.78, 5) is 23.5. The highest BCUT2D eigenvalue weighted by molar-refractivity contribution is 9.08. The van der Waals surface area contributed by atoms with Gasteiger partial charge in [-0.3, -0.25) is 9.36 Å². The molecule has 0 amide bonds. The van der Waals surface area contributed by atoms with E-state index in [1.807, 2.05) is 41.0 Å². The lowest BCUT2D eigenvalue weighted by atomic mass is 10.2. The smallest absolute Gasteiger partial charge is 0.249 e. The molecule has 3 heterocycles. The largest absolute Gasteiger partial charge is 0.383 e. The molecular weight excluding hydrogens is 382 g/mol. The number of anilines is 1. The number of hydrogen-bond donors (Lipinski definition) is 2. The average molecular weight is 396 g/mol. The Bertz CT molecular complexity index is 1110. The molecule has 4 aromatic rings. The van der Waals surface area contributed by atoms with Crippen LogP contribution in [-0.2, 0) is 5.33 Å². The molecule has 0 unspecified atom stereocenters. The fraction of sp³-hybridized carbons (Fsp3) is 0.0556. The SMILES string of the molecule is Nc1ncccc1-c1nc2ccc(=O)[nH]c2n1-c1ccc(CBr)cc1. The molecule has 1 aromatic carbocycles. The van der Waals surface area contributed by atoms with Crippen molar-refractivity contribution in [2.45, 2.75) is 5.33 Å². The quantitative estimate of drug-likeness (QED) is 0.521. The number of aromatic nitrogens is 4. The van der Waals surface area contributed by atoms with E-state index < -0.39 is 0 Å². The van der Waals surface area contributed by atoms with Gasteiger partial charge in [-0.25, -0.2) is 9.97 Å². The van der Waals surface area contributed by atoms with Gasteiger partial charge in [-0.15, -0.1) is 0 Å². The van der Waals surface area contributed by atoms with Gasteiger partial charge in [-0.05, 0) is 35.9 Å². The number of halogens is 1. The van der Waals surface area contributed by atoms with Gasteiger partial charge in [0.1, 0.15) is 17.0 Å². The van der Waals surface area contributed by atoms with E-state index >= 15 is 0 Å². The molecule has 4 rings (SSSR count). The van der Waals surface area contributed by atoms with Gasteiger partial charge in [0.15, 0.2) is 5.82 Å². The molecular formula is C18H14BrN5O. The highest BCUT2D eigenvalue weighted by atomic mass is 79.9. The van der Waals surface area contributed by atoms with Crippen molar-refractivity contribution >= 4 is 32.9 Å². The lowest BCUT2D eigenvalue weighted by Gasteiger charge is -2.10.